The fourth-order valence-corrected chi connectivity index (χ4v) is 7.54. The van der Waals surface area contributed by atoms with Crippen molar-refractivity contribution in [3.63, 3.8) is 0 Å². The number of hydrogen-bond donors (Lipinski definition) is 3. The molecule has 0 atom stereocenters. The van der Waals surface area contributed by atoms with E-state index < -0.39 is 31.4 Å². The summed E-state index contributed by atoms with van der Waals surface area (Å²) < 4.78 is 28.3. The van der Waals surface area contributed by atoms with Crippen LogP contribution in [0.2, 0.25) is 0 Å². The number of piperazine rings is 1. The maximum Gasteiger partial charge on any atom is 0.293 e. The number of benzene rings is 5. The van der Waals surface area contributed by atoms with Crippen molar-refractivity contribution >= 4 is 50.7 Å². The summed E-state index contributed by atoms with van der Waals surface area (Å²) in [5.74, 6) is 5.77. The third kappa shape index (κ3) is 9.37. The van der Waals surface area contributed by atoms with Gasteiger partial charge in [0.05, 0.1) is 15.4 Å². The Morgan fingerprint density at radius 3 is 2.28 bits per heavy atom. The van der Waals surface area contributed by atoms with Crippen molar-refractivity contribution in [2.24, 2.45) is 0 Å². The zero-order valence-electron chi connectivity index (χ0n) is 28.8. The number of phenolic OH excluding ortho intramolecular Hbond substituents is 1. The van der Waals surface area contributed by atoms with Gasteiger partial charge in [-0.05, 0) is 78.9 Å². The van der Waals surface area contributed by atoms with Gasteiger partial charge >= 0.3 is 0 Å². The minimum absolute atomic E-state index is 0.0864. The standard InChI is InChI=1S/C40H35N5O7S2/c46-33-9-6-7-29(27-33)13-14-30-8-4-5-12-36(30)40(48)44-24-22-43(23-25-44)32-17-15-31(16-18-32)39(47)42-54(51,52)35-19-20-37(38(28-35)45(49)50)41-21-26-53-34-10-2-1-3-11-34/h1-12,15-20,27-28,41,46H,21-26H2,(H,42,47). The molecule has 0 spiro atoms. The number of sulfonamides is 1. The largest absolute Gasteiger partial charge is 0.508 e. The van der Waals surface area contributed by atoms with Crippen LogP contribution in [0.5, 0.6) is 5.75 Å². The Balaban J connectivity index is 1.04. The minimum Gasteiger partial charge on any atom is -0.508 e. The molecular weight excluding hydrogens is 727 g/mol. The highest BCUT2D eigenvalue weighted by Gasteiger charge is 2.26. The number of carbonyl (C=O) groups excluding carboxylic acids is 2. The average molecular weight is 762 g/mol. The average Bonchev–Trinajstić information content (AvgIpc) is 3.19. The smallest absolute Gasteiger partial charge is 0.293 e. The van der Waals surface area contributed by atoms with Crippen LogP contribution in [-0.2, 0) is 10.0 Å². The van der Waals surface area contributed by atoms with Crippen LogP contribution in [0, 0.1) is 22.0 Å². The summed E-state index contributed by atoms with van der Waals surface area (Å²) in [5, 5.41) is 24.5. The number of hydrogen-bond acceptors (Lipinski definition) is 10. The molecule has 0 unspecified atom stereocenters. The first-order chi connectivity index (χ1) is 26.1. The van der Waals surface area contributed by atoms with Crippen molar-refractivity contribution < 1.29 is 28.0 Å². The molecule has 5 aromatic carbocycles. The molecule has 1 aliphatic rings. The number of amides is 2. The Morgan fingerprint density at radius 2 is 1.56 bits per heavy atom. The molecule has 14 heteroatoms. The summed E-state index contributed by atoms with van der Waals surface area (Å²) >= 11 is 1.58. The minimum atomic E-state index is -4.43. The Bertz CT molecular complexity index is 2340. The molecule has 1 saturated heterocycles. The number of carbonyl (C=O) groups is 2. The maximum absolute atomic E-state index is 13.5. The van der Waals surface area contributed by atoms with E-state index in [4.69, 9.17) is 0 Å². The molecule has 1 fully saturated rings. The molecule has 0 bridgehead atoms. The molecule has 274 valence electrons. The van der Waals surface area contributed by atoms with Crippen molar-refractivity contribution in [3.8, 4) is 17.6 Å². The van der Waals surface area contributed by atoms with Crippen molar-refractivity contribution in [2.45, 2.75) is 9.79 Å². The van der Waals surface area contributed by atoms with E-state index in [9.17, 15) is 33.2 Å². The van der Waals surface area contributed by atoms with Crippen LogP contribution in [0.4, 0.5) is 17.1 Å². The van der Waals surface area contributed by atoms with Gasteiger partial charge in [0.2, 0.25) is 0 Å². The normalized spacial score (nSPS) is 12.7. The van der Waals surface area contributed by atoms with Gasteiger partial charge in [0.25, 0.3) is 27.5 Å². The van der Waals surface area contributed by atoms with E-state index in [2.05, 4.69) is 22.1 Å². The molecule has 1 aliphatic heterocycles. The molecule has 0 aliphatic carbocycles. The summed E-state index contributed by atoms with van der Waals surface area (Å²) in [7, 11) is -4.43. The number of thioether (sulfide) groups is 1. The quantitative estimate of drug-likeness (QED) is 0.0480. The van der Waals surface area contributed by atoms with Gasteiger partial charge < -0.3 is 20.2 Å². The van der Waals surface area contributed by atoms with Gasteiger partial charge in [0, 0.05) is 71.8 Å². The molecule has 54 heavy (non-hydrogen) atoms. The van der Waals surface area contributed by atoms with Crippen molar-refractivity contribution in [3.05, 3.63) is 154 Å². The van der Waals surface area contributed by atoms with Gasteiger partial charge in [-0.15, -0.1) is 11.8 Å². The molecule has 1 heterocycles. The van der Waals surface area contributed by atoms with E-state index in [1.54, 1.807) is 71.3 Å². The van der Waals surface area contributed by atoms with Crippen LogP contribution in [0.3, 0.4) is 0 Å². The summed E-state index contributed by atoms with van der Waals surface area (Å²) in [6.07, 6.45) is 0. The molecule has 6 rings (SSSR count). The van der Waals surface area contributed by atoms with Gasteiger partial charge in [-0.3, -0.25) is 19.7 Å². The summed E-state index contributed by atoms with van der Waals surface area (Å²) in [5.41, 5.74) is 2.32. The van der Waals surface area contributed by atoms with E-state index >= 15 is 0 Å². The van der Waals surface area contributed by atoms with Crippen LogP contribution >= 0.6 is 11.8 Å². The van der Waals surface area contributed by atoms with Gasteiger partial charge in [-0.25, -0.2) is 13.1 Å². The number of nitrogens with one attached hydrogen (secondary N) is 2. The number of aromatic hydroxyl groups is 1. The summed E-state index contributed by atoms with van der Waals surface area (Å²) in [6, 6.07) is 33.3. The van der Waals surface area contributed by atoms with E-state index in [0.29, 0.717) is 55.2 Å². The lowest BCUT2D eigenvalue weighted by molar-refractivity contribution is -0.384. The number of nitrogens with zero attached hydrogens (tertiary/aromatic N) is 3. The molecular formula is C40H35N5O7S2. The zero-order chi connectivity index (χ0) is 38.1. The fourth-order valence-electron chi connectivity index (χ4n) is 5.75. The number of rotatable bonds is 11. The highest BCUT2D eigenvalue weighted by Crippen LogP contribution is 2.28. The first-order valence-electron chi connectivity index (χ1n) is 16.9. The predicted octanol–water partition coefficient (Wildman–Crippen LogP) is 5.99. The predicted molar refractivity (Wildman–Crippen MR) is 208 cm³/mol. The van der Waals surface area contributed by atoms with Gasteiger partial charge in [0.15, 0.2) is 0 Å². The Morgan fingerprint density at radius 1 is 0.833 bits per heavy atom. The molecule has 3 N–H and O–H groups in total. The molecule has 2 amide bonds. The van der Waals surface area contributed by atoms with Gasteiger partial charge in [-0.1, -0.05) is 48.2 Å². The zero-order valence-corrected chi connectivity index (χ0v) is 30.5. The van der Waals surface area contributed by atoms with Crippen LogP contribution in [-0.4, -0.2) is 73.6 Å². The third-order valence-electron chi connectivity index (χ3n) is 8.54. The first-order valence-corrected chi connectivity index (χ1v) is 19.4. The van der Waals surface area contributed by atoms with E-state index in [-0.39, 0.29) is 22.9 Å². The van der Waals surface area contributed by atoms with Crippen molar-refractivity contribution in [1.82, 2.24) is 9.62 Å². The summed E-state index contributed by atoms with van der Waals surface area (Å²) in [4.78, 5) is 42.1. The van der Waals surface area contributed by atoms with Crippen molar-refractivity contribution in [1.29, 1.82) is 0 Å². The number of phenols is 1. The van der Waals surface area contributed by atoms with Gasteiger partial charge in [0.1, 0.15) is 11.4 Å². The highest BCUT2D eigenvalue weighted by molar-refractivity contribution is 7.99. The fraction of sp³-hybridized carbons (Fsp3) is 0.150. The molecule has 0 radical (unpaired) electrons. The third-order valence-corrected chi connectivity index (χ3v) is 10.9. The first kappa shape index (κ1) is 37.5. The molecule has 5 aromatic rings. The Kier molecular flexibility index (Phi) is 11.8. The Labute approximate surface area is 317 Å². The van der Waals surface area contributed by atoms with Gasteiger partial charge in [-0.2, -0.15) is 0 Å². The van der Waals surface area contributed by atoms with E-state index in [0.717, 1.165) is 16.6 Å². The van der Waals surface area contributed by atoms with Crippen LogP contribution < -0.4 is 14.9 Å². The second-order valence-electron chi connectivity index (χ2n) is 12.1. The topological polar surface area (TPSA) is 162 Å². The molecule has 0 aromatic heterocycles. The maximum atomic E-state index is 13.5. The highest BCUT2D eigenvalue weighted by atomic mass is 32.2. The van der Waals surface area contributed by atoms with Crippen LogP contribution in [0.25, 0.3) is 0 Å². The van der Waals surface area contributed by atoms with Crippen molar-refractivity contribution in [2.75, 3.05) is 48.7 Å². The van der Waals surface area contributed by atoms with Crippen LogP contribution in [0.1, 0.15) is 31.8 Å². The number of nitro groups is 1. The second-order valence-corrected chi connectivity index (χ2v) is 15.0. The van der Waals surface area contributed by atoms with E-state index in [1.807, 2.05) is 41.1 Å². The number of anilines is 2. The lowest BCUT2D eigenvalue weighted by atomic mass is 10.1. The molecule has 12 nitrogen and oxygen atoms in total. The Hall–Kier alpha value is -6.30. The SMILES string of the molecule is O=C(NS(=O)(=O)c1ccc(NCCSc2ccccc2)c([N+](=O)[O-])c1)c1ccc(N2CCN(C(=O)c3ccccc3C#Cc3cccc(O)c3)CC2)cc1. The number of nitro benzene ring substituents is 1. The molecule has 0 saturated carbocycles. The monoisotopic (exact) mass is 761 g/mol. The lowest BCUT2D eigenvalue weighted by Crippen LogP contribution is -2.49. The summed E-state index contributed by atoms with van der Waals surface area (Å²) in [6.45, 7) is 2.35. The van der Waals surface area contributed by atoms with Crippen LogP contribution in [0.15, 0.2) is 131 Å². The van der Waals surface area contributed by atoms with E-state index in [1.165, 1.54) is 24.3 Å². The lowest BCUT2D eigenvalue weighted by Gasteiger charge is -2.36. The second kappa shape index (κ2) is 17.0.